The molecule has 7 heteroatoms. The van der Waals surface area contributed by atoms with Crippen LogP contribution in [0.2, 0.25) is 0 Å². The fourth-order valence-electron chi connectivity index (χ4n) is 1.62. The minimum atomic E-state index is -4.21. The number of esters is 1. The van der Waals surface area contributed by atoms with Crippen LogP contribution < -0.4 is 5.32 Å². The summed E-state index contributed by atoms with van der Waals surface area (Å²) in [6, 6.07) is 0. The molecule has 0 amide bonds. The predicted molar refractivity (Wildman–Crippen MR) is 64.8 cm³/mol. The van der Waals surface area contributed by atoms with Crippen molar-refractivity contribution in [2.24, 2.45) is 0 Å². The molecule has 0 aromatic heterocycles. The average Bonchev–Trinajstić information content (AvgIpc) is 2.28. The molecule has 0 spiro atoms. The molecule has 19 heavy (non-hydrogen) atoms. The lowest BCUT2D eigenvalue weighted by Gasteiger charge is -2.28. The van der Waals surface area contributed by atoms with Gasteiger partial charge >= 0.3 is 12.1 Å². The van der Waals surface area contributed by atoms with Gasteiger partial charge in [-0.3, -0.25) is 10.1 Å². The van der Waals surface area contributed by atoms with E-state index in [-0.39, 0.29) is 19.4 Å². The van der Waals surface area contributed by atoms with Crippen molar-refractivity contribution in [3.8, 4) is 0 Å². The van der Waals surface area contributed by atoms with Crippen molar-refractivity contribution in [3.05, 3.63) is 0 Å². The van der Waals surface area contributed by atoms with Crippen LogP contribution in [0, 0.1) is 0 Å². The maximum absolute atomic E-state index is 12.1. The highest BCUT2D eigenvalue weighted by atomic mass is 19.4. The van der Waals surface area contributed by atoms with Crippen molar-refractivity contribution in [2.45, 2.75) is 44.8 Å². The Morgan fingerprint density at radius 3 is 2.37 bits per heavy atom. The Morgan fingerprint density at radius 1 is 1.26 bits per heavy atom. The van der Waals surface area contributed by atoms with Crippen LogP contribution >= 0.6 is 0 Å². The topological polar surface area (TPSA) is 47.6 Å². The summed E-state index contributed by atoms with van der Waals surface area (Å²) in [6.45, 7) is 4.14. The molecule has 0 aliphatic carbocycles. The molecular formula is C12H22F3NO3. The highest BCUT2D eigenvalue weighted by Gasteiger charge is 2.35. The first kappa shape index (κ1) is 18.2. The summed E-state index contributed by atoms with van der Waals surface area (Å²) in [5, 5.41) is 2.90. The number of ether oxygens (including phenoxy) is 2. The van der Waals surface area contributed by atoms with Gasteiger partial charge in [-0.25, -0.2) is 0 Å². The number of halogens is 3. The molecule has 0 fully saturated rings. The number of hydrogen-bond donors (Lipinski definition) is 1. The zero-order chi connectivity index (χ0) is 14.9. The predicted octanol–water partition coefficient (Wildman–Crippen LogP) is 2.28. The van der Waals surface area contributed by atoms with Gasteiger partial charge in [0, 0.05) is 20.1 Å². The molecule has 0 radical (unpaired) electrons. The van der Waals surface area contributed by atoms with Crippen LogP contribution in [0.15, 0.2) is 0 Å². The van der Waals surface area contributed by atoms with Gasteiger partial charge in [-0.1, -0.05) is 0 Å². The number of hydrogen-bond acceptors (Lipinski definition) is 4. The first-order chi connectivity index (χ1) is 8.75. The van der Waals surface area contributed by atoms with Crippen LogP contribution in [0.4, 0.5) is 13.2 Å². The van der Waals surface area contributed by atoms with E-state index < -0.39 is 24.1 Å². The molecule has 4 nitrogen and oxygen atoms in total. The molecule has 1 atom stereocenters. The van der Waals surface area contributed by atoms with Gasteiger partial charge in [0.15, 0.2) is 0 Å². The van der Waals surface area contributed by atoms with Crippen molar-refractivity contribution in [2.75, 3.05) is 26.9 Å². The van der Waals surface area contributed by atoms with E-state index in [0.29, 0.717) is 13.2 Å². The maximum atomic E-state index is 12.1. The normalized spacial score (nSPS) is 15.1. The first-order valence-corrected chi connectivity index (χ1v) is 6.23. The van der Waals surface area contributed by atoms with Gasteiger partial charge in [0.25, 0.3) is 0 Å². The Hall–Kier alpha value is -0.820. The smallest absolute Gasteiger partial charge is 0.389 e. The first-order valence-electron chi connectivity index (χ1n) is 6.23. The van der Waals surface area contributed by atoms with E-state index in [0.717, 1.165) is 0 Å². The monoisotopic (exact) mass is 285 g/mol. The van der Waals surface area contributed by atoms with Crippen molar-refractivity contribution in [1.82, 2.24) is 5.32 Å². The number of alkyl halides is 3. The summed E-state index contributed by atoms with van der Waals surface area (Å²) >= 11 is 0. The zero-order valence-electron chi connectivity index (χ0n) is 11.6. The van der Waals surface area contributed by atoms with Crippen LogP contribution in [0.1, 0.15) is 33.1 Å². The number of rotatable bonds is 9. The summed E-state index contributed by atoms with van der Waals surface area (Å²) in [6.07, 6.45) is -5.18. The largest absolute Gasteiger partial charge is 0.465 e. The summed E-state index contributed by atoms with van der Waals surface area (Å²) in [5.74, 6) is -0.534. The highest BCUT2D eigenvalue weighted by molar-refractivity contribution is 5.80. The Balaban J connectivity index is 4.43. The minimum Gasteiger partial charge on any atom is -0.465 e. The Kier molecular flexibility index (Phi) is 8.01. The highest BCUT2D eigenvalue weighted by Crippen LogP contribution is 2.25. The molecule has 0 aliphatic heterocycles. The Bertz CT molecular complexity index is 271. The second-order valence-electron chi connectivity index (χ2n) is 4.44. The van der Waals surface area contributed by atoms with Crippen molar-refractivity contribution in [1.29, 1.82) is 0 Å². The van der Waals surface area contributed by atoms with Crippen LogP contribution in [-0.4, -0.2) is 44.6 Å². The molecule has 1 N–H and O–H groups in total. The third kappa shape index (κ3) is 8.05. The quantitative estimate of drug-likeness (QED) is 0.521. The van der Waals surface area contributed by atoms with E-state index >= 15 is 0 Å². The van der Waals surface area contributed by atoms with E-state index in [1.54, 1.807) is 13.8 Å². The number of methoxy groups -OCH3 is 1. The number of carbonyl (C=O) groups excluding carboxylic acids is 1. The summed E-state index contributed by atoms with van der Waals surface area (Å²) in [7, 11) is 1.51. The molecule has 1 unspecified atom stereocenters. The molecule has 114 valence electrons. The van der Waals surface area contributed by atoms with Crippen molar-refractivity contribution >= 4 is 5.97 Å². The fourth-order valence-corrected chi connectivity index (χ4v) is 1.62. The maximum Gasteiger partial charge on any atom is 0.389 e. The van der Waals surface area contributed by atoms with Crippen LogP contribution in [-0.2, 0) is 14.3 Å². The molecule has 0 aromatic carbocycles. The lowest BCUT2D eigenvalue weighted by Crippen LogP contribution is -2.51. The summed E-state index contributed by atoms with van der Waals surface area (Å²) in [4.78, 5) is 11.8. The standard InChI is InChI=1S/C12H22F3NO3/c1-4-19-10(17)11(2,16-8-9-18-3)6-5-7-12(13,14)15/h16H,4-9H2,1-3H3. The molecular weight excluding hydrogens is 263 g/mol. The van der Waals surface area contributed by atoms with E-state index in [1.165, 1.54) is 7.11 Å². The van der Waals surface area contributed by atoms with Crippen molar-refractivity contribution < 1.29 is 27.4 Å². The Labute approximate surface area is 111 Å². The summed E-state index contributed by atoms with van der Waals surface area (Å²) in [5.41, 5.74) is -1.11. The molecule has 0 bridgehead atoms. The lowest BCUT2D eigenvalue weighted by atomic mass is 9.94. The molecule has 0 saturated carbocycles. The summed E-state index contributed by atoms with van der Waals surface area (Å²) < 4.78 is 46.1. The number of nitrogens with one attached hydrogen (secondary N) is 1. The van der Waals surface area contributed by atoms with Gasteiger partial charge in [-0.05, 0) is 26.7 Å². The third-order valence-corrected chi connectivity index (χ3v) is 2.68. The van der Waals surface area contributed by atoms with Gasteiger partial charge in [0.1, 0.15) is 5.54 Å². The van der Waals surface area contributed by atoms with Gasteiger partial charge in [0.05, 0.1) is 13.2 Å². The zero-order valence-corrected chi connectivity index (χ0v) is 11.6. The van der Waals surface area contributed by atoms with E-state index in [9.17, 15) is 18.0 Å². The molecule has 0 aliphatic rings. The average molecular weight is 285 g/mol. The van der Waals surface area contributed by atoms with E-state index in [2.05, 4.69) is 5.32 Å². The molecule has 0 saturated heterocycles. The molecule has 0 aromatic rings. The minimum absolute atomic E-state index is 0.0645. The Morgan fingerprint density at radius 2 is 1.89 bits per heavy atom. The van der Waals surface area contributed by atoms with Gasteiger partial charge < -0.3 is 9.47 Å². The number of carbonyl (C=O) groups is 1. The molecule has 0 heterocycles. The second kappa shape index (κ2) is 8.37. The third-order valence-electron chi connectivity index (χ3n) is 2.68. The van der Waals surface area contributed by atoms with Crippen LogP contribution in [0.5, 0.6) is 0 Å². The van der Waals surface area contributed by atoms with Gasteiger partial charge in [-0.2, -0.15) is 13.2 Å². The van der Waals surface area contributed by atoms with E-state index in [1.807, 2.05) is 0 Å². The van der Waals surface area contributed by atoms with Crippen molar-refractivity contribution in [3.63, 3.8) is 0 Å². The van der Waals surface area contributed by atoms with Crippen LogP contribution in [0.3, 0.4) is 0 Å². The van der Waals surface area contributed by atoms with E-state index in [4.69, 9.17) is 9.47 Å². The lowest BCUT2D eigenvalue weighted by molar-refractivity contribution is -0.153. The van der Waals surface area contributed by atoms with Gasteiger partial charge in [-0.15, -0.1) is 0 Å². The van der Waals surface area contributed by atoms with Crippen LogP contribution in [0.25, 0.3) is 0 Å². The SMILES string of the molecule is CCOC(=O)C(C)(CCCC(F)(F)F)NCCOC. The second-order valence-corrected chi connectivity index (χ2v) is 4.44. The molecule has 0 rings (SSSR count). The fraction of sp³-hybridized carbons (Fsp3) is 0.917. The van der Waals surface area contributed by atoms with Gasteiger partial charge in [0.2, 0.25) is 0 Å².